The van der Waals surface area contributed by atoms with Crippen molar-refractivity contribution < 1.29 is 97.3 Å². The monoisotopic (exact) mass is 1500 g/mol. The summed E-state index contributed by atoms with van der Waals surface area (Å²) in [6, 6.07) is -12.6. The molecule has 20 atom stereocenters. The molecule has 1 aromatic rings. The first kappa shape index (κ1) is 92.6. The van der Waals surface area contributed by atoms with Crippen LogP contribution >= 0.6 is 0 Å². The quantitative estimate of drug-likeness (QED) is 0.0132. The van der Waals surface area contributed by atoms with E-state index in [4.69, 9.17) is 43.9 Å². The Morgan fingerprint density at radius 2 is 1.19 bits per heavy atom. The number of benzene rings is 1. The van der Waals surface area contributed by atoms with Gasteiger partial charge in [-0.25, -0.2) is 4.79 Å². The molecule has 1 aliphatic rings. The molecule has 0 saturated carbocycles. The van der Waals surface area contributed by atoms with Crippen molar-refractivity contribution in [2.75, 3.05) is 34.3 Å². The molecule has 106 heavy (non-hydrogen) atoms. The number of carbonyl (C=O) groups excluding carboxylic acids is 13. The number of amides is 12. The highest BCUT2D eigenvalue weighted by atomic mass is 16.5. The molecule has 0 bridgehead atoms. The van der Waals surface area contributed by atoms with E-state index in [0.717, 1.165) is 37.6 Å². The molecule has 598 valence electrons. The number of hydrogen-bond donors (Lipinski definition) is 19. The zero-order valence-electron chi connectivity index (χ0n) is 63.2. The maximum absolute atomic E-state index is 15.1. The summed E-state index contributed by atoms with van der Waals surface area (Å²) in [6.07, 6.45) is -12.4. The van der Waals surface area contributed by atoms with Crippen molar-refractivity contribution in [3.05, 3.63) is 29.8 Å². The van der Waals surface area contributed by atoms with Gasteiger partial charge in [-0.05, 0) is 114 Å². The van der Waals surface area contributed by atoms with Crippen LogP contribution < -0.4 is 76.9 Å². The number of aliphatic hydroxyl groups excluding tert-OH is 4. The molecule has 1 unspecified atom stereocenters. The van der Waals surface area contributed by atoms with Crippen LogP contribution in [0.1, 0.15) is 146 Å². The van der Waals surface area contributed by atoms with Gasteiger partial charge in [-0.2, -0.15) is 0 Å². The van der Waals surface area contributed by atoms with Crippen molar-refractivity contribution in [1.82, 2.24) is 52.3 Å². The highest BCUT2D eigenvalue weighted by molar-refractivity contribution is 5.99. The van der Waals surface area contributed by atoms with Gasteiger partial charge in [0.2, 0.25) is 65.0 Å². The number of nitrogens with zero attached hydrogens (tertiary/aromatic N) is 4. The van der Waals surface area contributed by atoms with Crippen molar-refractivity contribution in [3.63, 3.8) is 0 Å². The number of hydrogen-bond acceptors (Lipinski definition) is 22. The fourth-order valence-electron chi connectivity index (χ4n) is 11.7. The number of esters is 1. The average molecular weight is 1510 g/mol. The molecule has 1 heterocycles. The Labute approximate surface area is 617 Å². The van der Waals surface area contributed by atoms with Crippen LogP contribution in [0.4, 0.5) is 0 Å². The molecule has 1 fully saturated rings. The maximum atomic E-state index is 15.1. The number of rotatable bonds is 34. The molecular weight excluding hydrogens is 1390 g/mol. The molecule has 12 amide bonds. The lowest BCUT2D eigenvalue weighted by Gasteiger charge is -2.36. The molecule has 2 rings (SSSR count). The average Bonchev–Trinajstić information content (AvgIpc) is 0.811. The van der Waals surface area contributed by atoms with Crippen molar-refractivity contribution in [2.45, 2.75) is 231 Å². The van der Waals surface area contributed by atoms with Gasteiger partial charge in [-0.15, -0.1) is 0 Å². The van der Waals surface area contributed by atoms with Gasteiger partial charge in [0.1, 0.15) is 78.4 Å². The molecule has 0 radical (unpaired) electrons. The first-order chi connectivity index (χ1) is 49.3. The van der Waals surface area contributed by atoms with Crippen molar-refractivity contribution in [3.8, 4) is 5.75 Å². The van der Waals surface area contributed by atoms with Crippen LogP contribution in [-0.4, -0.2) is 249 Å². The minimum Gasteiger partial charge on any atom is -0.508 e. The van der Waals surface area contributed by atoms with Gasteiger partial charge in [0.05, 0.1) is 24.2 Å². The summed E-state index contributed by atoms with van der Waals surface area (Å²) in [5, 5.41) is 75.7. The third kappa shape index (κ3) is 28.7. The van der Waals surface area contributed by atoms with Crippen LogP contribution in [0.3, 0.4) is 0 Å². The molecule has 1 aromatic carbocycles. The van der Waals surface area contributed by atoms with E-state index in [1.807, 2.05) is 13.8 Å². The lowest BCUT2D eigenvalue weighted by Crippen LogP contribution is -2.65. The van der Waals surface area contributed by atoms with Gasteiger partial charge in [0, 0.05) is 46.6 Å². The zero-order valence-corrected chi connectivity index (χ0v) is 63.2. The Morgan fingerprint density at radius 3 is 1.72 bits per heavy atom. The molecule has 0 aromatic heterocycles. The number of phenolic OH excluding ortho intramolecular Hbond substituents is 1. The van der Waals surface area contributed by atoms with E-state index in [1.165, 1.54) is 66.1 Å². The van der Waals surface area contributed by atoms with Crippen LogP contribution in [0, 0.1) is 35.5 Å². The smallest absolute Gasteiger partial charge is 0.328 e. The SMILES string of the molecule is COC(c1ccc(O)cc1)[C@@H]1NC(=O)[C@H](CCC(N)=O)N(C)C(=O)[C@H](CC(C)C)NC(=O)[C@@H](CCCN=C(N)N)NC(=O)[C@H]([C@@H](C)O)NC(=O)[C@@H](NC(=O)[C@@H](NC(=O)[C@H](O)[C@H](O)[C@H](CCCN=C(N)N)NC(=O)[C@H](C)NC(=O)[C@H](C)[C@H](O)[C@@H](C)CC(C)C)[C@@H](C)[C@@H](C)C(N)=O)[C@@H](C)OC(=O)[C@H](C)N(C)C1=O. The van der Waals surface area contributed by atoms with Gasteiger partial charge in [-0.3, -0.25) is 67.5 Å². The van der Waals surface area contributed by atoms with E-state index in [0.29, 0.717) is 6.42 Å². The number of primary amides is 2. The molecule has 25 N–H and O–H groups in total. The van der Waals surface area contributed by atoms with Gasteiger partial charge in [0.15, 0.2) is 18.0 Å². The van der Waals surface area contributed by atoms with E-state index in [2.05, 4.69) is 52.5 Å². The highest BCUT2D eigenvalue weighted by Gasteiger charge is 2.45. The number of carbonyl (C=O) groups is 13. The summed E-state index contributed by atoms with van der Waals surface area (Å²) in [7, 11) is 3.47. The lowest BCUT2D eigenvalue weighted by atomic mass is 9.87. The first-order valence-electron chi connectivity index (χ1n) is 35.2. The molecule has 38 nitrogen and oxygen atoms in total. The van der Waals surface area contributed by atoms with Crippen molar-refractivity contribution >= 4 is 88.8 Å². The van der Waals surface area contributed by atoms with E-state index in [1.54, 1.807) is 20.8 Å². The molecule has 1 saturated heterocycles. The number of nitrogens with one attached hydrogen (secondary N) is 8. The summed E-state index contributed by atoms with van der Waals surface area (Å²) >= 11 is 0. The molecule has 38 heteroatoms. The third-order valence-corrected chi connectivity index (χ3v) is 18.5. The second-order valence-corrected chi connectivity index (χ2v) is 28.0. The fraction of sp³-hybridized carbons (Fsp3) is 0.691. The molecule has 0 spiro atoms. The molecular formula is C68H116N18O20. The molecule has 0 aliphatic carbocycles. The number of methoxy groups -OCH3 is 1. The number of likely N-dealkylation sites (N-methyl/N-ethyl adjacent to an activating group) is 2. The zero-order chi connectivity index (χ0) is 81.1. The summed E-state index contributed by atoms with van der Waals surface area (Å²) in [6.45, 7) is 17.4. The van der Waals surface area contributed by atoms with E-state index in [9.17, 15) is 73.5 Å². The predicted octanol–water partition coefficient (Wildman–Crippen LogP) is -5.44. The van der Waals surface area contributed by atoms with Crippen LogP contribution in [0.2, 0.25) is 0 Å². The predicted molar refractivity (Wildman–Crippen MR) is 386 cm³/mol. The number of cyclic esters (lactones) is 1. The minimum atomic E-state index is -2.58. The summed E-state index contributed by atoms with van der Waals surface area (Å²) in [5.41, 5.74) is 33.6. The number of guanidine groups is 2. The van der Waals surface area contributed by atoms with Crippen molar-refractivity contribution in [1.29, 1.82) is 0 Å². The standard InChI is InChI=1S/C68H116N18O20/c1-30(2)28-32(5)51(90)35(8)56(94)77-36(9)57(95)78-42(18-16-26-75-67(71)72)52(91)53(92)63(101)81-47(33(6)34(7)55(70)93)60(98)83-49-39(12)106-66(104)37(10)85(13)65(103)50(54(105-15)40-20-22-41(88)23-21-40)84-59(97)45(24-25-46(69)89)86(14)64(102)44(29-31(3)4)80-58(96)43(19-17-27-76-68(73)74)79-61(99)48(38(11)87)82-62(49)100/h20-23,30-39,42-45,47-54,87-88,90-92H,16-19,24-29H2,1-15H3,(H2,69,89)(H2,70,93)(H,77,94)(H,78,95)(H,79,99)(H,80,96)(H,81,101)(H,82,100)(H,83,98)(H,84,97)(H4,71,72,75)(H4,73,74,76)/t32-,33-,34+,35+,36-,37-,38+,39+,42-,43+,44-,45-,47-,48-,49-,50-,51+,52+,53+,54?/m0/s1. The normalized spacial score (nSPS) is 23.2. The Bertz CT molecular complexity index is 3230. The van der Waals surface area contributed by atoms with Gasteiger partial charge in [0.25, 0.3) is 5.91 Å². The van der Waals surface area contributed by atoms with Crippen LogP contribution in [0.5, 0.6) is 5.75 Å². The number of ether oxygens (including phenoxy) is 2. The van der Waals surface area contributed by atoms with Crippen LogP contribution in [0.25, 0.3) is 0 Å². The van der Waals surface area contributed by atoms with Gasteiger partial charge in [-0.1, -0.05) is 67.5 Å². The number of aromatic hydroxyl groups is 1. The first-order valence-corrected chi connectivity index (χ1v) is 35.2. The number of nitrogens with two attached hydrogens (primary N) is 6. The number of aliphatic hydroxyl groups is 4. The summed E-state index contributed by atoms with van der Waals surface area (Å²) < 4.78 is 11.7. The third-order valence-electron chi connectivity index (χ3n) is 18.5. The highest BCUT2D eigenvalue weighted by Crippen LogP contribution is 2.27. The Morgan fingerprint density at radius 1 is 0.623 bits per heavy atom. The maximum Gasteiger partial charge on any atom is 0.328 e. The lowest BCUT2D eigenvalue weighted by molar-refractivity contribution is -0.162. The Kier molecular flexibility index (Phi) is 38.2. The largest absolute Gasteiger partial charge is 0.508 e. The van der Waals surface area contributed by atoms with E-state index < -0.39 is 204 Å². The minimum absolute atomic E-state index is 0.00975. The number of aliphatic imine (C=N–C) groups is 2. The van der Waals surface area contributed by atoms with E-state index in [-0.39, 0.29) is 86.2 Å². The number of phenols is 1. The van der Waals surface area contributed by atoms with Crippen LogP contribution in [0.15, 0.2) is 34.3 Å². The van der Waals surface area contributed by atoms with Gasteiger partial charge < -0.3 is 122 Å². The molecule has 1 aliphatic heterocycles. The van der Waals surface area contributed by atoms with Gasteiger partial charge >= 0.3 is 5.97 Å². The Hall–Kier alpha value is -9.53. The van der Waals surface area contributed by atoms with Crippen LogP contribution in [-0.2, 0) is 71.8 Å². The summed E-state index contributed by atoms with van der Waals surface area (Å²) in [5.74, 6) is -19.8. The van der Waals surface area contributed by atoms with E-state index >= 15 is 14.4 Å². The Balaban J connectivity index is 3.02. The summed E-state index contributed by atoms with van der Waals surface area (Å²) in [4.78, 5) is 196. The second-order valence-electron chi connectivity index (χ2n) is 28.0. The second kappa shape index (κ2) is 43.8. The fourth-order valence-corrected chi connectivity index (χ4v) is 11.7. The van der Waals surface area contributed by atoms with Crippen molar-refractivity contribution in [2.24, 2.45) is 79.9 Å². The topological polar surface area (TPSA) is 625 Å².